The summed E-state index contributed by atoms with van der Waals surface area (Å²) in [5.74, 6) is -0.877. The summed E-state index contributed by atoms with van der Waals surface area (Å²) in [5, 5.41) is 5.95. The number of nitrogens with two attached hydrogens (primary N) is 1. The molecule has 0 radical (unpaired) electrons. The highest BCUT2D eigenvalue weighted by atomic mass is 32.1. The van der Waals surface area contributed by atoms with Crippen molar-refractivity contribution in [1.82, 2.24) is 0 Å². The largest absolute Gasteiger partial charge is 0.366 e. The number of nitrogens with one attached hydrogen (secondary N) is 2. The van der Waals surface area contributed by atoms with E-state index in [0.29, 0.717) is 16.9 Å². The maximum atomic E-state index is 13.6. The summed E-state index contributed by atoms with van der Waals surface area (Å²) < 4.78 is 13.6. The van der Waals surface area contributed by atoms with E-state index < -0.39 is 5.91 Å². The van der Waals surface area contributed by atoms with Gasteiger partial charge in [-0.25, -0.2) is 4.39 Å². The third-order valence-electron chi connectivity index (χ3n) is 2.80. The number of carbonyl (C=O) groups excluding carboxylic acids is 1. The lowest BCUT2D eigenvalue weighted by Gasteiger charge is -2.12. The quantitative estimate of drug-likeness (QED) is 0.762. The van der Waals surface area contributed by atoms with Crippen molar-refractivity contribution < 1.29 is 9.18 Å². The van der Waals surface area contributed by atoms with Crippen molar-refractivity contribution >= 4 is 34.6 Å². The number of hydrogen-bond donors (Lipinski definition) is 3. The van der Waals surface area contributed by atoms with Crippen LogP contribution in [0, 0.1) is 12.7 Å². The van der Waals surface area contributed by atoms with Gasteiger partial charge in [0.2, 0.25) is 5.91 Å². The van der Waals surface area contributed by atoms with E-state index in [0.717, 1.165) is 5.56 Å². The summed E-state index contributed by atoms with van der Waals surface area (Å²) in [6, 6.07) is 11.2. The highest BCUT2D eigenvalue weighted by Crippen LogP contribution is 2.16. The summed E-state index contributed by atoms with van der Waals surface area (Å²) in [6.07, 6.45) is 0. The smallest absolute Gasteiger partial charge is 0.248 e. The second kappa shape index (κ2) is 6.32. The third kappa shape index (κ3) is 4.00. The Balaban J connectivity index is 2.04. The molecule has 2 aromatic rings. The highest BCUT2D eigenvalue weighted by molar-refractivity contribution is 7.80. The van der Waals surface area contributed by atoms with Crippen molar-refractivity contribution in [3.8, 4) is 0 Å². The third-order valence-corrected chi connectivity index (χ3v) is 3.00. The SMILES string of the molecule is Cc1ccc(F)c(NC(=S)Nc2ccc(C(N)=O)cc2)c1. The van der Waals surface area contributed by atoms with E-state index in [2.05, 4.69) is 10.6 Å². The Labute approximate surface area is 127 Å². The van der Waals surface area contributed by atoms with Crippen LogP contribution in [-0.2, 0) is 0 Å². The van der Waals surface area contributed by atoms with Crippen LogP contribution < -0.4 is 16.4 Å². The molecule has 0 aromatic heterocycles. The van der Waals surface area contributed by atoms with Gasteiger partial charge in [-0.2, -0.15) is 0 Å². The zero-order valence-corrected chi connectivity index (χ0v) is 12.1. The summed E-state index contributed by atoms with van der Waals surface area (Å²) in [6.45, 7) is 1.86. The van der Waals surface area contributed by atoms with Crippen LogP contribution in [0.4, 0.5) is 15.8 Å². The molecule has 0 fully saturated rings. The molecule has 0 aliphatic heterocycles. The first-order valence-electron chi connectivity index (χ1n) is 6.20. The maximum absolute atomic E-state index is 13.6. The van der Waals surface area contributed by atoms with Gasteiger partial charge in [0, 0.05) is 11.3 Å². The predicted molar refractivity (Wildman–Crippen MR) is 85.9 cm³/mol. The number of carbonyl (C=O) groups is 1. The van der Waals surface area contributed by atoms with E-state index in [1.807, 2.05) is 6.92 Å². The van der Waals surface area contributed by atoms with Crippen molar-refractivity contribution in [2.24, 2.45) is 5.73 Å². The fourth-order valence-electron chi connectivity index (χ4n) is 1.74. The molecule has 0 saturated heterocycles. The van der Waals surface area contributed by atoms with Crippen molar-refractivity contribution in [1.29, 1.82) is 0 Å². The molecular formula is C15H14FN3OS. The monoisotopic (exact) mass is 303 g/mol. The van der Waals surface area contributed by atoms with Crippen LogP contribution in [0.3, 0.4) is 0 Å². The molecule has 0 atom stereocenters. The normalized spacial score (nSPS) is 10.0. The second-order valence-corrected chi connectivity index (χ2v) is 4.91. The van der Waals surface area contributed by atoms with E-state index in [1.165, 1.54) is 6.07 Å². The van der Waals surface area contributed by atoms with Crippen molar-refractivity contribution in [2.75, 3.05) is 10.6 Å². The summed E-state index contributed by atoms with van der Waals surface area (Å²) in [7, 11) is 0. The van der Waals surface area contributed by atoms with Crippen LogP contribution in [0.2, 0.25) is 0 Å². The summed E-state index contributed by atoms with van der Waals surface area (Å²) in [5.41, 5.74) is 7.47. The number of primary amides is 1. The Morgan fingerprint density at radius 2 is 1.81 bits per heavy atom. The lowest BCUT2D eigenvalue weighted by atomic mass is 10.2. The first kappa shape index (κ1) is 14.9. The zero-order chi connectivity index (χ0) is 15.4. The van der Waals surface area contributed by atoms with Gasteiger partial charge in [0.25, 0.3) is 0 Å². The summed E-state index contributed by atoms with van der Waals surface area (Å²) in [4.78, 5) is 11.0. The zero-order valence-electron chi connectivity index (χ0n) is 11.3. The number of thiocarbonyl (C=S) groups is 1. The fraction of sp³-hybridized carbons (Fsp3) is 0.0667. The van der Waals surface area contributed by atoms with Crippen LogP contribution in [0.25, 0.3) is 0 Å². The Bertz CT molecular complexity index is 686. The maximum Gasteiger partial charge on any atom is 0.248 e. The van der Waals surface area contributed by atoms with Crippen LogP contribution in [0.5, 0.6) is 0 Å². The van der Waals surface area contributed by atoms with Gasteiger partial charge >= 0.3 is 0 Å². The first-order chi connectivity index (χ1) is 9.95. The highest BCUT2D eigenvalue weighted by Gasteiger charge is 2.05. The number of halogens is 1. The van der Waals surface area contributed by atoms with Crippen LogP contribution >= 0.6 is 12.2 Å². The molecule has 2 aromatic carbocycles. The van der Waals surface area contributed by atoms with E-state index in [4.69, 9.17) is 18.0 Å². The molecule has 0 spiro atoms. The minimum absolute atomic E-state index is 0.256. The molecule has 6 heteroatoms. The van der Waals surface area contributed by atoms with Gasteiger partial charge in [-0.1, -0.05) is 6.07 Å². The molecule has 0 saturated carbocycles. The van der Waals surface area contributed by atoms with Gasteiger partial charge in [0.05, 0.1) is 5.69 Å². The second-order valence-electron chi connectivity index (χ2n) is 4.50. The van der Waals surface area contributed by atoms with E-state index in [-0.39, 0.29) is 10.9 Å². The van der Waals surface area contributed by atoms with Crippen molar-refractivity contribution in [3.63, 3.8) is 0 Å². The molecule has 0 bridgehead atoms. The van der Waals surface area contributed by atoms with Crippen molar-refractivity contribution in [2.45, 2.75) is 6.92 Å². The van der Waals surface area contributed by atoms with Crippen LogP contribution in [0.15, 0.2) is 42.5 Å². The van der Waals surface area contributed by atoms with Gasteiger partial charge in [0.15, 0.2) is 5.11 Å². The van der Waals surface area contributed by atoms with Gasteiger partial charge in [-0.15, -0.1) is 0 Å². The number of aryl methyl sites for hydroxylation is 1. The molecule has 1 amide bonds. The lowest BCUT2D eigenvalue weighted by Crippen LogP contribution is -2.20. The fourth-order valence-corrected chi connectivity index (χ4v) is 1.97. The van der Waals surface area contributed by atoms with Crippen LogP contribution in [0.1, 0.15) is 15.9 Å². The first-order valence-corrected chi connectivity index (χ1v) is 6.60. The lowest BCUT2D eigenvalue weighted by molar-refractivity contribution is 0.100. The number of hydrogen-bond acceptors (Lipinski definition) is 2. The molecule has 0 aliphatic carbocycles. The van der Waals surface area contributed by atoms with Gasteiger partial charge in [-0.3, -0.25) is 4.79 Å². The molecule has 0 aliphatic rings. The van der Waals surface area contributed by atoms with Gasteiger partial charge < -0.3 is 16.4 Å². The topological polar surface area (TPSA) is 67.2 Å². The molecule has 4 N–H and O–H groups in total. The van der Waals surface area contributed by atoms with Crippen molar-refractivity contribution in [3.05, 3.63) is 59.4 Å². The molecular weight excluding hydrogens is 289 g/mol. The Kier molecular flexibility index (Phi) is 4.49. The molecule has 0 heterocycles. The summed E-state index contributed by atoms with van der Waals surface area (Å²) >= 11 is 5.12. The average molecular weight is 303 g/mol. The number of anilines is 2. The number of benzene rings is 2. The van der Waals surface area contributed by atoms with E-state index in [1.54, 1.807) is 36.4 Å². The van der Waals surface area contributed by atoms with E-state index >= 15 is 0 Å². The number of rotatable bonds is 3. The van der Waals surface area contributed by atoms with E-state index in [9.17, 15) is 9.18 Å². The minimum Gasteiger partial charge on any atom is -0.366 e. The standard InChI is InChI=1S/C15H14FN3OS/c1-9-2-7-12(16)13(8-9)19-15(21)18-11-5-3-10(4-6-11)14(17)20/h2-8H,1H3,(H2,17,20)(H2,18,19,21). The molecule has 21 heavy (non-hydrogen) atoms. The Morgan fingerprint density at radius 1 is 1.14 bits per heavy atom. The Hall–Kier alpha value is -2.47. The number of amides is 1. The van der Waals surface area contributed by atoms with Gasteiger partial charge in [-0.05, 0) is 61.1 Å². The van der Waals surface area contributed by atoms with Gasteiger partial charge in [0.1, 0.15) is 5.82 Å². The Morgan fingerprint density at radius 3 is 2.43 bits per heavy atom. The molecule has 4 nitrogen and oxygen atoms in total. The predicted octanol–water partition coefficient (Wildman–Crippen LogP) is 3.04. The molecule has 108 valence electrons. The average Bonchev–Trinajstić information content (AvgIpc) is 2.43. The molecule has 0 unspecified atom stereocenters. The van der Waals surface area contributed by atoms with Crippen LogP contribution in [-0.4, -0.2) is 11.0 Å². The molecule has 2 rings (SSSR count). The minimum atomic E-state index is -0.496.